The SMILES string of the molecule is NC[C@@H]1CN(Cc2ccccc2)CC12CCC2. The van der Waals surface area contributed by atoms with Gasteiger partial charge in [-0.3, -0.25) is 4.90 Å². The van der Waals surface area contributed by atoms with Gasteiger partial charge in [-0.2, -0.15) is 0 Å². The number of hydrogen-bond donors (Lipinski definition) is 1. The third-order valence-electron chi connectivity index (χ3n) is 4.77. The molecule has 1 aromatic rings. The summed E-state index contributed by atoms with van der Waals surface area (Å²) in [5, 5.41) is 0. The predicted octanol–water partition coefficient (Wildman–Crippen LogP) is 2.25. The molecule has 1 atom stereocenters. The lowest BCUT2D eigenvalue weighted by Crippen LogP contribution is -2.40. The van der Waals surface area contributed by atoms with E-state index in [4.69, 9.17) is 5.73 Å². The van der Waals surface area contributed by atoms with Crippen LogP contribution in [0.25, 0.3) is 0 Å². The fraction of sp³-hybridized carbons (Fsp3) is 0.600. The van der Waals surface area contributed by atoms with Crippen molar-refractivity contribution in [1.82, 2.24) is 4.90 Å². The summed E-state index contributed by atoms with van der Waals surface area (Å²) >= 11 is 0. The highest BCUT2D eigenvalue weighted by Gasteiger charge is 2.49. The summed E-state index contributed by atoms with van der Waals surface area (Å²) in [6, 6.07) is 10.8. The van der Waals surface area contributed by atoms with E-state index in [2.05, 4.69) is 35.2 Å². The summed E-state index contributed by atoms with van der Waals surface area (Å²) in [5.74, 6) is 0.736. The molecule has 17 heavy (non-hydrogen) atoms. The van der Waals surface area contributed by atoms with Crippen molar-refractivity contribution in [2.45, 2.75) is 25.8 Å². The molecule has 0 amide bonds. The Morgan fingerprint density at radius 2 is 2.00 bits per heavy atom. The van der Waals surface area contributed by atoms with E-state index in [1.54, 1.807) is 0 Å². The largest absolute Gasteiger partial charge is 0.330 e. The van der Waals surface area contributed by atoms with Gasteiger partial charge < -0.3 is 5.73 Å². The van der Waals surface area contributed by atoms with E-state index in [1.807, 2.05) is 0 Å². The molecule has 1 saturated carbocycles. The smallest absolute Gasteiger partial charge is 0.0234 e. The maximum atomic E-state index is 5.95. The summed E-state index contributed by atoms with van der Waals surface area (Å²) in [4.78, 5) is 2.60. The number of rotatable bonds is 3. The maximum Gasteiger partial charge on any atom is 0.0234 e. The van der Waals surface area contributed by atoms with Crippen molar-refractivity contribution < 1.29 is 0 Å². The first-order chi connectivity index (χ1) is 8.32. The van der Waals surface area contributed by atoms with E-state index >= 15 is 0 Å². The molecule has 0 unspecified atom stereocenters. The van der Waals surface area contributed by atoms with Crippen molar-refractivity contribution in [2.75, 3.05) is 19.6 Å². The average molecular weight is 230 g/mol. The number of hydrogen-bond acceptors (Lipinski definition) is 2. The Balaban J connectivity index is 1.67. The summed E-state index contributed by atoms with van der Waals surface area (Å²) in [6.07, 6.45) is 4.22. The molecule has 2 N–H and O–H groups in total. The molecule has 1 aliphatic carbocycles. The van der Waals surface area contributed by atoms with Gasteiger partial charge in [-0.05, 0) is 36.3 Å². The minimum absolute atomic E-state index is 0.587. The molecule has 1 spiro atoms. The van der Waals surface area contributed by atoms with E-state index in [0.717, 1.165) is 19.0 Å². The van der Waals surface area contributed by atoms with Crippen LogP contribution < -0.4 is 5.73 Å². The minimum atomic E-state index is 0.587. The molecule has 2 nitrogen and oxygen atoms in total. The van der Waals surface area contributed by atoms with Crippen LogP contribution in [0.4, 0.5) is 0 Å². The fourth-order valence-electron chi connectivity index (χ4n) is 3.63. The first-order valence-corrected chi connectivity index (χ1v) is 6.79. The summed E-state index contributed by atoms with van der Waals surface area (Å²) < 4.78 is 0. The Labute approximate surface area is 104 Å². The van der Waals surface area contributed by atoms with E-state index in [-0.39, 0.29) is 0 Å². The van der Waals surface area contributed by atoms with Gasteiger partial charge in [-0.1, -0.05) is 36.8 Å². The van der Waals surface area contributed by atoms with Crippen LogP contribution in [0.1, 0.15) is 24.8 Å². The first kappa shape index (κ1) is 11.2. The third-order valence-corrected chi connectivity index (χ3v) is 4.77. The van der Waals surface area contributed by atoms with E-state index < -0.39 is 0 Å². The minimum Gasteiger partial charge on any atom is -0.330 e. The van der Waals surface area contributed by atoms with Crippen LogP contribution in [0.15, 0.2) is 30.3 Å². The monoisotopic (exact) mass is 230 g/mol. The van der Waals surface area contributed by atoms with Crippen molar-refractivity contribution in [3.63, 3.8) is 0 Å². The number of benzene rings is 1. The molecule has 0 radical (unpaired) electrons. The standard InChI is InChI=1S/C15H22N2/c16-9-14-11-17(12-15(14)7-4-8-15)10-13-5-2-1-3-6-13/h1-3,5-6,14H,4,7-12,16H2/t14-/m1/s1. The fourth-order valence-corrected chi connectivity index (χ4v) is 3.63. The molecule has 1 aliphatic heterocycles. The Morgan fingerprint density at radius 1 is 1.24 bits per heavy atom. The van der Waals surface area contributed by atoms with Crippen LogP contribution in [0.5, 0.6) is 0 Å². The highest BCUT2D eigenvalue weighted by atomic mass is 15.2. The Morgan fingerprint density at radius 3 is 2.53 bits per heavy atom. The summed E-state index contributed by atoms with van der Waals surface area (Å²) in [6.45, 7) is 4.43. The summed E-state index contributed by atoms with van der Waals surface area (Å²) in [5.41, 5.74) is 7.96. The lowest BCUT2D eigenvalue weighted by Gasteiger charge is -2.42. The Bertz CT molecular complexity index is 370. The maximum absolute atomic E-state index is 5.95. The van der Waals surface area contributed by atoms with Crippen LogP contribution in [-0.2, 0) is 6.54 Å². The van der Waals surface area contributed by atoms with Crippen molar-refractivity contribution in [2.24, 2.45) is 17.1 Å². The van der Waals surface area contributed by atoms with Gasteiger partial charge in [0.15, 0.2) is 0 Å². The number of nitrogens with zero attached hydrogens (tertiary/aromatic N) is 1. The van der Waals surface area contributed by atoms with Crippen LogP contribution >= 0.6 is 0 Å². The average Bonchev–Trinajstić information content (AvgIpc) is 2.69. The lowest BCUT2D eigenvalue weighted by atomic mass is 9.63. The second-order valence-corrected chi connectivity index (χ2v) is 5.80. The molecule has 1 heterocycles. The van der Waals surface area contributed by atoms with Gasteiger partial charge in [0.25, 0.3) is 0 Å². The van der Waals surface area contributed by atoms with Crippen molar-refractivity contribution in [3.05, 3.63) is 35.9 Å². The highest BCUT2D eigenvalue weighted by Crippen LogP contribution is 2.51. The number of nitrogens with two attached hydrogens (primary N) is 1. The third kappa shape index (κ3) is 2.00. The van der Waals surface area contributed by atoms with E-state index in [1.165, 1.54) is 37.9 Å². The highest BCUT2D eigenvalue weighted by molar-refractivity contribution is 5.15. The zero-order chi connectivity index (χ0) is 11.7. The zero-order valence-corrected chi connectivity index (χ0v) is 10.4. The first-order valence-electron chi connectivity index (χ1n) is 6.79. The second-order valence-electron chi connectivity index (χ2n) is 5.80. The van der Waals surface area contributed by atoms with Crippen LogP contribution in [0.2, 0.25) is 0 Å². The topological polar surface area (TPSA) is 29.3 Å². The molecule has 3 rings (SSSR count). The van der Waals surface area contributed by atoms with Gasteiger partial charge >= 0.3 is 0 Å². The molecule has 2 aliphatic rings. The lowest BCUT2D eigenvalue weighted by molar-refractivity contribution is 0.0934. The molecular formula is C15H22N2. The predicted molar refractivity (Wildman–Crippen MR) is 70.5 cm³/mol. The van der Waals surface area contributed by atoms with Crippen molar-refractivity contribution in [1.29, 1.82) is 0 Å². The molecule has 1 saturated heterocycles. The Hall–Kier alpha value is -0.860. The molecule has 2 heteroatoms. The summed E-state index contributed by atoms with van der Waals surface area (Å²) in [7, 11) is 0. The molecule has 0 bridgehead atoms. The molecular weight excluding hydrogens is 208 g/mol. The van der Waals surface area contributed by atoms with Gasteiger partial charge in [0.05, 0.1) is 0 Å². The van der Waals surface area contributed by atoms with Crippen LogP contribution in [-0.4, -0.2) is 24.5 Å². The van der Waals surface area contributed by atoms with Crippen molar-refractivity contribution >= 4 is 0 Å². The van der Waals surface area contributed by atoms with Crippen molar-refractivity contribution in [3.8, 4) is 0 Å². The van der Waals surface area contributed by atoms with Gasteiger partial charge in [0.2, 0.25) is 0 Å². The zero-order valence-electron chi connectivity index (χ0n) is 10.4. The van der Waals surface area contributed by atoms with Gasteiger partial charge in [-0.15, -0.1) is 0 Å². The Kier molecular flexibility index (Phi) is 2.93. The van der Waals surface area contributed by atoms with Crippen LogP contribution in [0, 0.1) is 11.3 Å². The second kappa shape index (κ2) is 4.43. The molecule has 1 aromatic carbocycles. The number of likely N-dealkylation sites (tertiary alicyclic amines) is 1. The van der Waals surface area contributed by atoms with Gasteiger partial charge in [0, 0.05) is 19.6 Å². The molecule has 0 aromatic heterocycles. The quantitative estimate of drug-likeness (QED) is 0.863. The van der Waals surface area contributed by atoms with Crippen LogP contribution in [0.3, 0.4) is 0 Å². The molecule has 92 valence electrons. The van der Waals surface area contributed by atoms with E-state index in [0.29, 0.717) is 5.41 Å². The normalized spacial score (nSPS) is 27.2. The molecule has 2 fully saturated rings. The van der Waals surface area contributed by atoms with E-state index in [9.17, 15) is 0 Å². The van der Waals surface area contributed by atoms with Gasteiger partial charge in [-0.25, -0.2) is 0 Å². The van der Waals surface area contributed by atoms with Gasteiger partial charge in [0.1, 0.15) is 0 Å².